The van der Waals surface area contributed by atoms with Crippen LogP contribution in [0.3, 0.4) is 0 Å². The minimum absolute atomic E-state index is 0.937. The molecular weight excluding hydrogens is 633 g/mol. The van der Waals surface area contributed by atoms with Gasteiger partial charge < -0.3 is 0 Å². The molecule has 4 nitrogen and oxygen atoms in total. The van der Waals surface area contributed by atoms with Crippen molar-refractivity contribution in [3.63, 3.8) is 0 Å². The molecule has 3 aromatic heterocycles. The third kappa shape index (κ3) is 4.18. The Bertz CT molecular complexity index is 1930. The first-order valence-corrected chi connectivity index (χ1v) is 15.0. The summed E-state index contributed by atoms with van der Waals surface area (Å²) in [7, 11) is 0. The van der Waals surface area contributed by atoms with Gasteiger partial charge in [0, 0.05) is 0 Å². The Kier molecular flexibility index (Phi) is 5.94. The first-order valence-electron chi connectivity index (χ1n) is 12.4. The van der Waals surface area contributed by atoms with Gasteiger partial charge >= 0.3 is 245 Å². The Labute approximate surface area is 243 Å². The van der Waals surface area contributed by atoms with Crippen molar-refractivity contribution in [2.75, 3.05) is 0 Å². The number of benzene rings is 2. The van der Waals surface area contributed by atoms with Crippen molar-refractivity contribution in [2.45, 2.75) is 0 Å². The summed E-state index contributed by atoms with van der Waals surface area (Å²) in [5.74, 6) is 0. The topological polar surface area (TPSA) is 57.4 Å². The van der Waals surface area contributed by atoms with Crippen molar-refractivity contribution < 1.29 is 18.3 Å². The van der Waals surface area contributed by atoms with Gasteiger partial charge in [-0.05, 0) is 0 Å². The van der Waals surface area contributed by atoms with Crippen LogP contribution < -0.4 is 4.16 Å². The van der Waals surface area contributed by atoms with Crippen LogP contribution in [-0.2, 0) is 18.3 Å². The van der Waals surface area contributed by atoms with Crippen molar-refractivity contribution in [2.24, 2.45) is 0 Å². The van der Waals surface area contributed by atoms with Gasteiger partial charge in [-0.3, -0.25) is 0 Å². The molecule has 0 radical (unpaired) electrons. The van der Waals surface area contributed by atoms with E-state index in [1.165, 1.54) is 4.16 Å². The van der Waals surface area contributed by atoms with Crippen molar-refractivity contribution in [1.82, 2.24) is 19.9 Å². The summed E-state index contributed by atoms with van der Waals surface area (Å²) < 4.78 is 2.36. The number of hydrogen-bond donors (Lipinski definition) is 2. The summed E-state index contributed by atoms with van der Waals surface area (Å²) in [5, 5.41) is 0. The van der Waals surface area contributed by atoms with Gasteiger partial charge in [0.05, 0.1) is 0 Å². The van der Waals surface area contributed by atoms with E-state index in [2.05, 4.69) is 130 Å². The fourth-order valence-electron chi connectivity index (χ4n) is 5.05. The van der Waals surface area contributed by atoms with Gasteiger partial charge in [-0.2, -0.15) is 0 Å². The molecule has 0 atom stereocenters. The number of H-pyrrole nitrogens is 2. The molecule has 2 aromatic carbocycles. The van der Waals surface area contributed by atoms with E-state index in [9.17, 15) is 0 Å². The van der Waals surface area contributed by atoms with E-state index < -0.39 is 0 Å². The zero-order chi connectivity index (χ0) is 25.6. The maximum absolute atomic E-state index is 5.12. The summed E-state index contributed by atoms with van der Waals surface area (Å²) >= 11 is 3.44. The fraction of sp³-hybridized carbons (Fsp3) is 0. The van der Waals surface area contributed by atoms with Crippen LogP contribution in [0.4, 0.5) is 0 Å². The van der Waals surface area contributed by atoms with Crippen LogP contribution in [0.2, 0.25) is 0 Å². The molecule has 5 aromatic rings. The summed E-state index contributed by atoms with van der Waals surface area (Å²) in [6.45, 7) is 0. The Balaban J connectivity index is 1.63. The van der Waals surface area contributed by atoms with Crippen molar-refractivity contribution in [1.29, 1.82) is 0 Å². The van der Waals surface area contributed by atoms with E-state index >= 15 is 0 Å². The van der Waals surface area contributed by atoms with Gasteiger partial charge in [0.2, 0.25) is 0 Å². The van der Waals surface area contributed by atoms with E-state index in [1.54, 1.807) is 0 Å². The number of aromatic nitrogens is 4. The SMILES string of the molecule is [Zn][c]1cc2[nH]c1cc1nc(c(-c3ccccc3)c3ccc([nH]3)c(I)c3nc(c2-c2ccccc2)C=C3)C=C1. The molecule has 2 aliphatic heterocycles. The van der Waals surface area contributed by atoms with Gasteiger partial charge in [0.25, 0.3) is 0 Å². The normalized spacial score (nSPS) is 12.3. The number of rotatable bonds is 2. The number of fused-ring (bicyclic) bond motifs is 8. The third-order valence-corrected chi connectivity index (χ3v) is 9.21. The molecule has 0 aliphatic carbocycles. The standard InChI is InChI=1S/C32H20IN4.Zn/c33-32-28-17-15-26(36-28)30(20-7-3-1-4-8-20)24-13-11-22(34-24)19-23-12-14-25(35-23)31(21-9-5-2-6-10-21)27-16-18-29(32)37-27;/h1-11,13-19,35-36H;. The average Bonchev–Trinajstić information content (AvgIpc) is 3.75. The van der Waals surface area contributed by atoms with Crippen LogP contribution in [0, 0.1) is 3.57 Å². The average molecular weight is 653 g/mol. The molecule has 177 valence electrons. The Hall–Kier alpha value is -3.61. The number of hydrogen-bond acceptors (Lipinski definition) is 2. The van der Waals surface area contributed by atoms with Crippen LogP contribution in [0.15, 0.2) is 84.9 Å². The van der Waals surface area contributed by atoms with Crippen LogP contribution in [0.25, 0.3) is 68.6 Å². The predicted octanol–water partition coefficient (Wildman–Crippen LogP) is 7.77. The molecule has 0 saturated carbocycles. The van der Waals surface area contributed by atoms with E-state index in [0.29, 0.717) is 0 Å². The molecule has 8 bridgehead atoms. The monoisotopic (exact) mass is 651 g/mol. The number of nitrogens with one attached hydrogen (secondary N) is 2. The maximum atomic E-state index is 5.12. The third-order valence-electron chi connectivity index (χ3n) is 6.85. The minimum atomic E-state index is 0.937. The predicted molar refractivity (Wildman–Crippen MR) is 162 cm³/mol. The Morgan fingerprint density at radius 3 is 1.87 bits per heavy atom. The molecular formula is C32H20IN4Zn. The Morgan fingerprint density at radius 1 is 0.553 bits per heavy atom. The zero-order valence-electron chi connectivity index (χ0n) is 20.4. The summed E-state index contributed by atoms with van der Waals surface area (Å²) in [5.41, 5.74) is 12.5. The van der Waals surface area contributed by atoms with E-state index in [-0.39, 0.29) is 0 Å². The Morgan fingerprint density at radius 2 is 1.13 bits per heavy atom. The second kappa shape index (κ2) is 9.61. The zero-order valence-corrected chi connectivity index (χ0v) is 25.5. The molecule has 0 spiro atoms. The van der Waals surface area contributed by atoms with Crippen LogP contribution in [0.1, 0.15) is 22.8 Å². The van der Waals surface area contributed by atoms with E-state index in [1.807, 2.05) is 12.1 Å². The van der Waals surface area contributed by atoms with E-state index in [4.69, 9.17) is 9.97 Å². The molecule has 38 heavy (non-hydrogen) atoms. The summed E-state index contributed by atoms with van der Waals surface area (Å²) in [6.07, 6.45) is 8.45. The molecule has 6 heteroatoms. The second-order valence-corrected chi connectivity index (χ2v) is 12.0. The van der Waals surface area contributed by atoms with Gasteiger partial charge in [-0.25, -0.2) is 0 Å². The van der Waals surface area contributed by atoms with Crippen molar-refractivity contribution in [3.05, 3.63) is 111 Å². The first kappa shape index (κ1) is 23.5. The summed E-state index contributed by atoms with van der Waals surface area (Å²) in [4.78, 5) is 17.6. The van der Waals surface area contributed by atoms with Gasteiger partial charge in [0.1, 0.15) is 0 Å². The molecule has 7 rings (SSSR count). The van der Waals surface area contributed by atoms with E-state index in [0.717, 1.165) is 89.0 Å². The van der Waals surface area contributed by atoms with Gasteiger partial charge in [-0.15, -0.1) is 0 Å². The van der Waals surface area contributed by atoms with Crippen molar-refractivity contribution in [3.8, 4) is 22.3 Å². The van der Waals surface area contributed by atoms with Crippen LogP contribution >= 0.6 is 22.6 Å². The quantitative estimate of drug-likeness (QED) is 0.148. The molecule has 2 N–H and O–H groups in total. The molecule has 2 aliphatic rings. The van der Waals surface area contributed by atoms with Gasteiger partial charge in [0.15, 0.2) is 0 Å². The molecule has 0 amide bonds. The number of aromatic amines is 2. The van der Waals surface area contributed by atoms with Crippen LogP contribution in [-0.4, -0.2) is 19.9 Å². The molecule has 0 fully saturated rings. The van der Waals surface area contributed by atoms with Crippen molar-refractivity contribution >= 4 is 73.1 Å². The second-order valence-electron chi connectivity index (χ2n) is 9.32. The van der Waals surface area contributed by atoms with Gasteiger partial charge in [-0.1, -0.05) is 0 Å². The summed E-state index contributed by atoms with van der Waals surface area (Å²) in [6, 6.07) is 29.7. The molecule has 0 saturated heterocycles. The van der Waals surface area contributed by atoms with Crippen LogP contribution in [0.5, 0.6) is 0 Å². The first-order chi connectivity index (χ1) is 18.6. The fourth-order valence-corrected chi connectivity index (χ4v) is 6.49. The number of nitrogens with zero attached hydrogens (tertiary/aromatic N) is 2. The molecule has 0 unspecified atom stereocenters. The number of halogens is 1. The molecule has 5 heterocycles.